The number of guanidine groups is 1. The lowest BCUT2D eigenvalue weighted by molar-refractivity contribution is 0.355. The monoisotopic (exact) mass is 384 g/mol. The number of hydrogen-bond acceptors (Lipinski definition) is 3. The maximum Gasteiger partial charge on any atom is 0.195 e. The lowest BCUT2D eigenvalue weighted by Gasteiger charge is -2.13. The standard InChI is InChI=1S/C21H25FN4O2/c1-4-23-21(26-16-6-8-19(27-2)20(12-16)28-3)24-10-9-14-13-25-18-7-5-15(22)11-17(14)18/h5-8,11-13,25H,4,9-10H2,1-3H3,(H2,23,24,26). The Hall–Kier alpha value is -3.22. The highest BCUT2D eigenvalue weighted by molar-refractivity contribution is 5.94. The Balaban J connectivity index is 1.71. The van der Waals surface area contributed by atoms with E-state index < -0.39 is 0 Å². The van der Waals surface area contributed by atoms with Crippen LogP contribution >= 0.6 is 0 Å². The smallest absolute Gasteiger partial charge is 0.195 e. The first-order valence-corrected chi connectivity index (χ1v) is 9.17. The Labute approximate surface area is 163 Å². The molecule has 0 radical (unpaired) electrons. The maximum absolute atomic E-state index is 13.5. The van der Waals surface area contributed by atoms with Gasteiger partial charge in [-0.2, -0.15) is 0 Å². The summed E-state index contributed by atoms with van der Waals surface area (Å²) in [5, 5.41) is 7.39. The van der Waals surface area contributed by atoms with E-state index in [1.165, 1.54) is 6.07 Å². The maximum atomic E-state index is 13.5. The van der Waals surface area contributed by atoms with Gasteiger partial charge < -0.3 is 25.1 Å². The van der Waals surface area contributed by atoms with E-state index in [1.807, 2.05) is 31.3 Å². The third-order valence-corrected chi connectivity index (χ3v) is 4.37. The van der Waals surface area contributed by atoms with Gasteiger partial charge in [-0.05, 0) is 49.2 Å². The summed E-state index contributed by atoms with van der Waals surface area (Å²) in [5.41, 5.74) is 2.81. The Morgan fingerprint density at radius 2 is 1.93 bits per heavy atom. The van der Waals surface area contributed by atoms with E-state index in [-0.39, 0.29) is 5.82 Å². The normalized spacial score (nSPS) is 11.5. The van der Waals surface area contributed by atoms with Gasteiger partial charge in [0.2, 0.25) is 0 Å². The third kappa shape index (κ3) is 4.54. The summed E-state index contributed by atoms with van der Waals surface area (Å²) in [6.07, 6.45) is 2.61. The first-order chi connectivity index (χ1) is 13.6. The van der Waals surface area contributed by atoms with E-state index in [1.54, 1.807) is 26.4 Å². The molecule has 0 atom stereocenters. The van der Waals surface area contributed by atoms with Gasteiger partial charge in [0.1, 0.15) is 5.82 Å². The number of rotatable bonds is 7. The highest BCUT2D eigenvalue weighted by Crippen LogP contribution is 2.29. The Kier molecular flexibility index (Phi) is 6.37. The van der Waals surface area contributed by atoms with Gasteiger partial charge in [0.05, 0.1) is 14.2 Å². The molecule has 3 N–H and O–H groups in total. The molecular weight excluding hydrogens is 359 g/mol. The summed E-state index contributed by atoms with van der Waals surface area (Å²) >= 11 is 0. The van der Waals surface area contributed by atoms with Crippen molar-refractivity contribution in [3.05, 3.63) is 54.0 Å². The number of ether oxygens (including phenoxy) is 2. The molecule has 0 aliphatic carbocycles. The number of H-pyrrole nitrogens is 1. The summed E-state index contributed by atoms with van der Waals surface area (Å²) < 4.78 is 24.1. The first-order valence-electron chi connectivity index (χ1n) is 9.17. The minimum absolute atomic E-state index is 0.236. The van der Waals surface area contributed by atoms with Crippen LogP contribution in [0, 0.1) is 5.82 Å². The zero-order valence-electron chi connectivity index (χ0n) is 16.3. The number of methoxy groups -OCH3 is 2. The average Bonchev–Trinajstić information content (AvgIpc) is 3.10. The van der Waals surface area contributed by atoms with Crippen LogP contribution in [0.1, 0.15) is 12.5 Å². The van der Waals surface area contributed by atoms with Crippen LogP contribution in [0.2, 0.25) is 0 Å². The third-order valence-electron chi connectivity index (χ3n) is 4.37. The fraction of sp³-hybridized carbons (Fsp3) is 0.286. The molecule has 0 bridgehead atoms. The molecule has 0 amide bonds. The number of benzene rings is 2. The van der Waals surface area contributed by atoms with E-state index in [2.05, 4.69) is 20.6 Å². The largest absolute Gasteiger partial charge is 0.493 e. The van der Waals surface area contributed by atoms with Crippen molar-refractivity contribution in [2.45, 2.75) is 13.3 Å². The van der Waals surface area contributed by atoms with Crippen molar-refractivity contribution in [2.24, 2.45) is 4.99 Å². The number of aromatic amines is 1. The second-order valence-corrected chi connectivity index (χ2v) is 6.21. The molecule has 7 heteroatoms. The highest BCUT2D eigenvalue weighted by atomic mass is 19.1. The summed E-state index contributed by atoms with van der Waals surface area (Å²) in [6.45, 7) is 3.30. The van der Waals surface area contributed by atoms with Gasteiger partial charge in [-0.15, -0.1) is 0 Å². The SMILES string of the molecule is CCNC(=NCCc1c[nH]c2ccc(F)cc12)Nc1ccc(OC)c(OC)c1. The van der Waals surface area contributed by atoms with Crippen LogP contribution in [-0.2, 0) is 6.42 Å². The molecule has 0 spiro atoms. The first kappa shape index (κ1) is 19.5. The van der Waals surface area contributed by atoms with Gasteiger partial charge in [-0.3, -0.25) is 4.99 Å². The molecule has 1 aromatic heterocycles. The van der Waals surface area contributed by atoms with Crippen LogP contribution in [0.3, 0.4) is 0 Å². The van der Waals surface area contributed by atoms with Crippen LogP contribution in [0.25, 0.3) is 10.9 Å². The summed E-state index contributed by atoms with van der Waals surface area (Å²) in [4.78, 5) is 7.80. The molecule has 1 heterocycles. The highest BCUT2D eigenvalue weighted by Gasteiger charge is 2.07. The molecule has 0 aliphatic heterocycles. The van der Waals surface area contributed by atoms with Crippen LogP contribution in [-0.4, -0.2) is 38.3 Å². The molecule has 3 rings (SSSR count). The second-order valence-electron chi connectivity index (χ2n) is 6.21. The number of fused-ring (bicyclic) bond motifs is 1. The fourth-order valence-electron chi connectivity index (χ4n) is 3.00. The van der Waals surface area contributed by atoms with Crippen molar-refractivity contribution in [1.29, 1.82) is 0 Å². The van der Waals surface area contributed by atoms with E-state index in [0.717, 1.165) is 28.7 Å². The van der Waals surface area contributed by atoms with Crippen LogP contribution in [0.15, 0.2) is 47.6 Å². The van der Waals surface area contributed by atoms with Gasteiger partial charge in [0.25, 0.3) is 0 Å². The lowest BCUT2D eigenvalue weighted by atomic mass is 10.1. The molecule has 0 saturated carbocycles. The van der Waals surface area contributed by atoms with E-state index in [9.17, 15) is 4.39 Å². The average molecular weight is 384 g/mol. The van der Waals surface area contributed by atoms with Crippen molar-refractivity contribution < 1.29 is 13.9 Å². The Morgan fingerprint density at radius 1 is 1.11 bits per heavy atom. The summed E-state index contributed by atoms with van der Waals surface area (Å²) in [5.74, 6) is 1.74. The molecule has 28 heavy (non-hydrogen) atoms. The van der Waals surface area contributed by atoms with Crippen molar-refractivity contribution in [3.63, 3.8) is 0 Å². The molecular formula is C21H25FN4O2. The van der Waals surface area contributed by atoms with E-state index >= 15 is 0 Å². The van der Waals surface area contributed by atoms with E-state index in [4.69, 9.17) is 9.47 Å². The van der Waals surface area contributed by atoms with Crippen molar-refractivity contribution in [2.75, 3.05) is 32.6 Å². The number of nitrogens with one attached hydrogen (secondary N) is 3. The number of hydrogen-bond donors (Lipinski definition) is 3. The second kappa shape index (κ2) is 9.12. The Bertz CT molecular complexity index is 968. The van der Waals surface area contributed by atoms with Gasteiger partial charge in [0, 0.05) is 41.9 Å². The molecule has 0 saturated heterocycles. The summed E-state index contributed by atoms with van der Waals surface area (Å²) in [7, 11) is 3.21. The van der Waals surface area contributed by atoms with Gasteiger partial charge in [-0.1, -0.05) is 0 Å². The summed E-state index contributed by atoms with van der Waals surface area (Å²) in [6, 6.07) is 10.4. The molecule has 3 aromatic rings. The van der Waals surface area contributed by atoms with Crippen LogP contribution in [0.5, 0.6) is 11.5 Å². The topological polar surface area (TPSA) is 70.7 Å². The quantitative estimate of drug-likeness (QED) is 0.426. The predicted molar refractivity (Wildman–Crippen MR) is 111 cm³/mol. The van der Waals surface area contributed by atoms with E-state index in [0.29, 0.717) is 30.4 Å². The van der Waals surface area contributed by atoms with Crippen molar-refractivity contribution >= 4 is 22.5 Å². The minimum atomic E-state index is -0.236. The zero-order valence-corrected chi connectivity index (χ0v) is 16.3. The van der Waals surface area contributed by atoms with Crippen LogP contribution < -0.4 is 20.1 Å². The fourth-order valence-corrected chi connectivity index (χ4v) is 3.00. The minimum Gasteiger partial charge on any atom is -0.493 e. The van der Waals surface area contributed by atoms with Gasteiger partial charge in [-0.25, -0.2) is 4.39 Å². The lowest BCUT2D eigenvalue weighted by Crippen LogP contribution is -2.30. The predicted octanol–water partition coefficient (Wildman–Crippen LogP) is 3.94. The molecule has 0 unspecified atom stereocenters. The molecule has 2 aromatic carbocycles. The molecule has 6 nitrogen and oxygen atoms in total. The van der Waals surface area contributed by atoms with Gasteiger partial charge in [0.15, 0.2) is 17.5 Å². The number of anilines is 1. The van der Waals surface area contributed by atoms with Crippen LogP contribution in [0.4, 0.5) is 10.1 Å². The number of nitrogens with zero attached hydrogens (tertiary/aromatic N) is 1. The van der Waals surface area contributed by atoms with Crippen molar-refractivity contribution in [3.8, 4) is 11.5 Å². The number of aliphatic imine (C=N–C) groups is 1. The molecule has 0 fully saturated rings. The zero-order chi connectivity index (χ0) is 19.9. The number of halogens is 1. The molecule has 148 valence electrons. The molecule has 0 aliphatic rings. The number of aromatic nitrogens is 1. The van der Waals surface area contributed by atoms with Gasteiger partial charge >= 0.3 is 0 Å². The Morgan fingerprint density at radius 3 is 2.68 bits per heavy atom. The van der Waals surface area contributed by atoms with Crippen molar-refractivity contribution in [1.82, 2.24) is 10.3 Å².